The fourth-order valence-corrected chi connectivity index (χ4v) is 3.41. The van der Waals surface area contributed by atoms with Crippen LogP contribution in [-0.4, -0.2) is 29.6 Å². The first-order valence-corrected chi connectivity index (χ1v) is 7.64. The molecule has 2 fully saturated rings. The molecule has 1 aliphatic carbocycles. The van der Waals surface area contributed by atoms with E-state index in [1.165, 1.54) is 32.1 Å². The molecule has 1 amide bonds. The van der Waals surface area contributed by atoms with Crippen LogP contribution in [0.15, 0.2) is 0 Å². The minimum atomic E-state index is 0.0589. The Morgan fingerprint density at radius 3 is 2.61 bits per heavy atom. The monoisotopic (exact) mass is 252 g/mol. The molecule has 0 aromatic heterocycles. The van der Waals surface area contributed by atoms with Gasteiger partial charge in [0.25, 0.3) is 0 Å². The molecule has 104 valence electrons. The van der Waals surface area contributed by atoms with Crippen LogP contribution in [0.5, 0.6) is 0 Å². The lowest BCUT2D eigenvalue weighted by Crippen LogP contribution is -2.36. The third-order valence-electron chi connectivity index (χ3n) is 4.45. The number of hydrogen-bond acceptors (Lipinski definition) is 2. The third kappa shape index (κ3) is 3.25. The predicted octanol–water partition coefficient (Wildman–Crippen LogP) is 2.76. The van der Waals surface area contributed by atoms with Crippen molar-refractivity contribution >= 4 is 5.91 Å². The Bertz CT molecular complexity index is 284. The van der Waals surface area contributed by atoms with Gasteiger partial charge in [-0.2, -0.15) is 0 Å². The number of rotatable bonds is 5. The van der Waals surface area contributed by atoms with Gasteiger partial charge < -0.3 is 4.90 Å². The Kier molecular flexibility index (Phi) is 4.66. The van der Waals surface area contributed by atoms with Gasteiger partial charge in [-0.25, -0.2) is 0 Å². The molecule has 3 heteroatoms. The average Bonchev–Trinajstić information content (AvgIpc) is 2.87. The van der Waals surface area contributed by atoms with Crippen LogP contribution in [0.3, 0.4) is 0 Å². The summed E-state index contributed by atoms with van der Waals surface area (Å²) in [7, 11) is 0. The standard InChI is InChI=1S/C15H28N2O/c1-11(2)10-14-15(18)17(12(3)16-14)9-8-13-6-4-5-7-13/h11-14,16H,4-10H2,1-3H3. The molecule has 1 N–H and O–H groups in total. The van der Waals surface area contributed by atoms with Crippen molar-refractivity contribution in [1.82, 2.24) is 10.2 Å². The van der Waals surface area contributed by atoms with Crippen LogP contribution >= 0.6 is 0 Å². The summed E-state index contributed by atoms with van der Waals surface area (Å²) in [5, 5.41) is 3.44. The fraction of sp³-hybridized carbons (Fsp3) is 0.933. The number of nitrogens with zero attached hydrogens (tertiary/aromatic N) is 1. The Morgan fingerprint density at radius 1 is 1.33 bits per heavy atom. The van der Waals surface area contributed by atoms with Crippen LogP contribution in [0.25, 0.3) is 0 Å². The van der Waals surface area contributed by atoms with Gasteiger partial charge in [-0.05, 0) is 31.6 Å². The molecular formula is C15H28N2O. The maximum Gasteiger partial charge on any atom is 0.241 e. The molecule has 1 saturated heterocycles. The SMILES string of the molecule is CC(C)CC1NC(C)N(CCC2CCCC2)C1=O. The Labute approximate surface area is 111 Å². The van der Waals surface area contributed by atoms with Gasteiger partial charge in [-0.15, -0.1) is 0 Å². The Hall–Kier alpha value is -0.570. The van der Waals surface area contributed by atoms with E-state index >= 15 is 0 Å². The first kappa shape index (κ1) is 13.9. The lowest BCUT2D eigenvalue weighted by Gasteiger charge is -2.22. The van der Waals surface area contributed by atoms with Gasteiger partial charge in [0, 0.05) is 6.54 Å². The number of carbonyl (C=O) groups is 1. The van der Waals surface area contributed by atoms with E-state index in [4.69, 9.17) is 0 Å². The average molecular weight is 252 g/mol. The summed E-state index contributed by atoms with van der Waals surface area (Å²) in [4.78, 5) is 14.4. The van der Waals surface area contributed by atoms with E-state index in [0.29, 0.717) is 11.8 Å². The zero-order chi connectivity index (χ0) is 13.1. The van der Waals surface area contributed by atoms with Crippen molar-refractivity contribution in [1.29, 1.82) is 0 Å². The minimum absolute atomic E-state index is 0.0589. The zero-order valence-electron chi connectivity index (χ0n) is 12.1. The molecule has 0 spiro atoms. The second-order valence-electron chi connectivity index (χ2n) is 6.50. The molecule has 1 aliphatic heterocycles. The van der Waals surface area contributed by atoms with Gasteiger partial charge in [0.05, 0.1) is 12.2 Å². The molecule has 3 nitrogen and oxygen atoms in total. The molecule has 2 atom stereocenters. The molecule has 0 aromatic rings. The van der Waals surface area contributed by atoms with Gasteiger partial charge >= 0.3 is 0 Å². The van der Waals surface area contributed by atoms with Crippen molar-refractivity contribution < 1.29 is 4.79 Å². The quantitative estimate of drug-likeness (QED) is 0.816. The highest BCUT2D eigenvalue weighted by atomic mass is 16.2. The lowest BCUT2D eigenvalue weighted by molar-refractivity contribution is -0.130. The molecule has 1 heterocycles. The van der Waals surface area contributed by atoms with E-state index in [2.05, 4.69) is 31.0 Å². The van der Waals surface area contributed by atoms with E-state index in [1.54, 1.807) is 0 Å². The van der Waals surface area contributed by atoms with Crippen molar-refractivity contribution in [2.24, 2.45) is 11.8 Å². The molecule has 2 rings (SSSR count). The van der Waals surface area contributed by atoms with Gasteiger partial charge in [0.1, 0.15) is 0 Å². The van der Waals surface area contributed by atoms with Crippen molar-refractivity contribution in [2.45, 2.75) is 71.5 Å². The number of amides is 1. The van der Waals surface area contributed by atoms with E-state index in [-0.39, 0.29) is 12.2 Å². The highest BCUT2D eigenvalue weighted by Gasteiger charge is 2.36. The van der Waals surface area contributed by atoms with Gasteiger partial charge in [0.2, 0.25) is 5.91 Å². The highest BCUT2D eigenvalue weighted by molar-refractivity contribution is 5.84. The minimum Gasteiger partial charge on any atom is -0.326 e. The van der Waals surface area contributed by atoms with Crippen LogP contribution in [0, 0.1) is 11.8 Å². The molecule has 1 saturated carbocycles. The van der Waals surface area contributed by atoms with E-state index < -0.39 is 0 Å². The summed E-state index contributed by atoms with van der Waals surface area (Å²) in [6, 6.07) is 0.0589. The fourth-order valence-electron chi connectivity index (χ4n) is 3.41. The second-order valence-corrected chi connectivity index (χ2v) is 6.50. The lowest BCUT2D eigenvalue weighted by atomic mass is 10.0. The summed E-state index contributed by atoms with van der Waals surface area (Å²) >= 11 is 0. The first-order valence-electron chi connectivity index (χ1n) is 7.64. The van der Waals surface area contributed by atoms with Crippen molar-refractivity contribution in [2.75, 3.05) is 6.54 Å². The maximum absolute atomic E-state index is 12.3. The molecular weight excluding hydrogens is 224 g/mol. The van der Waals surface area contributed by atoms with Crippen LogP contribution in [0.2, 0.25) is 0 Å². The second kappa shape index (κ2) is 6.05. The molecule has 2 unspecified atom stereocenters. The summed E-state index contributed by atoms with van der Waals surface area (Å²) in [5.74, 6) is 1.77. The molecule has 0 bridgehead atoms. The summed E-state index contributed by atoms with van der Waals surface area (Å²) in [6.45, 7) is 7.43. The Morgan fingerprint density at radius 2 is 2.00 bits per heavy atom. The van der Waals surface area contributed by atoms with Gasteiger partial charge in [0.15, 0.2) is 0 Å². The van der Waals surface area contributed by atoms with Crippen molar-refractivity contribution in [3.05, 3.63) is 0 Å². The largest absolute Gasteiger partial charge is 0.326 e. The van der Waals surface area contributed by atoms with Crippen molar-refractivity contribution in [3.63, 3.8) is 0 Å². The number of nitrogens with one attached hydrogen (secondary N) is 1. The molecule has 18 heavy (non-hydrogen) atoms. The predicted molar refractivity (Wildman–Crippen MR) is 74.1 cm³/mol. The summed E-state index contributed by atoms with van der Waals surface area (Å²) < 4.78 is 0. The first-order chi connectivity index (χ1) is 8.58. The number of carbonyl (C=O) groups excluding carboxylic acids is 1. The summed E-state index contributed by atoms with van der Waals surface area (Å²) in [6.07, 6.45) is 7.92. The number of hydrogen-bond donors (Lipinski definition) is 1. The molecule has 0 radical (unpaired) electrons. The van der Waals surface area contributed by atoms with Crippen LogP contribution in [0.4, 0.5) is 0 Å². The Balaban J connectivity index is 1.82. The smallest absolute Gasteiger partial charge is 0.241 e. The molecule has 2 aliphatic rings. The van der Waals surface area contributed by atoms with Crippen LogP contribution in [0.1, 0.15) is 59.3 Å². The van der Waals surface area contributed by atoms with Crippen LogP contribution in [-0.2, 0) is 4.79 Å². The summed E-state index contributed by atoms with van der Waals surface area (Å²) in [5.41, 5.74) is 0. The molecule has 0 aromatic carbocycles. The maximum atomic E-state index is 12.3. The van der Waals surface area contributed by atoms with E-state index in [9.17, 15) is 4.79 Å². The topological polar surface area (TPSA) is 32.3 Å². The highest BCUT2D eigenvalue weighted by Crippen LogP contribution is 2.28. The zero-order valence-corrected chi connectivity index (χ0v) is 12.1. The van der Waals surface area contributed by atoms with E-state index in [0.717, 1.165) is 18.9 Å². The van der Waals surface area contributed by atoms with E-state index in [1.807, 2.05) is 0 Å². The van der Waals surface area contributed by atoms with Gasteiger partial charge in [-0.1, -0.05) is 39.5 Å². The van der Waals surface area contributed by atoms with Crippen molar-refractivity contribution in [3.8, 4) is 0 Å². The third-order valence-corrected chi connectivity index (χ3v) is 4.45. The van der Waals surface area contributed by atoms with Crippen LogP contribution < -0.4 is 5.32 Å². The van der Waals surface area contributed by atoms with Gasteiger partial charge in [-0.3, -0.25) is 10.1 Å². The normalized spacial score (nSPS) is 29.8.